The largest absolute Gasteiger partial charge is 0.444 e. The molecule has 0 saturated carbocycles. The van der Waals surface area contributed by atoms with Crippen LogP contribution in [0, 0.1) is 0 Å². The molecule has 1 amide bonds. The van der Waals surface area contributed by atoms with Gasteiger partial charge in [0.1, 0.15) is 6.26 Å². The van der Waals surface area contributed by atoms with E-state index in [1.807, 2.05) is 0 Å². The number of para-hydroxylation sites is 1. The molecule has 1 heterocycles. The molecule has 3 rings (SSSR count). The Hall–Kier alpha value is -2.80. The van der Waals surface area contributed by atoms with Gasteiger partial charge in [-0.15, -0.1) is 0 Å². The molecule has 0 aliphatic carbocycles. The minimum atomic E-state index is -4.42. The first-order valence-corrected chi connectivity index (χ1v) is 7.41. The van der Waals surface area contributed by atoms with Crippen molar-refractivity contribution in [2.75, 3.05) is 5.32 Å². The van der Waals surface area contributed by atoms with Crippen LogP contribution in [0.1, 0.15) is 16.1 Å². The minimum absolute atomic E-state index is 0.0187. The van der Waals surface area contributed by atoms with Crippen LogP contribution in [0.4, 0.5) is 18.9 Å². The van der Waals surface area contributed by atoms with Crippen LogP contribution >= 0.6 is 11.6 Å². The van der Waals surface area contributed by atoms with E-state index in [4.69, 9.17) is 16.0 Å². The molecule has 4 nitrogen and oxygen atoms in total. The summed E-state index contributed by atoms with van der Waals surface area (Å²) in [7, 11) is 0. The maximum atomic E-state index is 12.6. The van der Waals surface area contributed by atoms with E-state index in [0.717, 1.165) is 18.4 Å². The lowest BCUT2D eigenvalue weighted by atomic mass is 10.1. The highest BCUT2D eigenvalue weighted by Crippen LogP contribution is 2.31. The van der Waals surface area contributed by atoms with Gasteiger partial charge in [0.2, 0.25) is 5.89 Å². The quantitative estimate of drug-likeness (QED) is 0.687. The maximum absolute atomic E-state index is 12.6. The van der Waals surface area contributed by atoms with Crippen LogP contribution in [0.5, 0.6) is 0 Å². The van der Waals surface area contributed by atoms with E-state index >= 15 is 0 Å². The van der Waals surface area contributed by atoms with Gasteiger partial charge < -0.3 is 9.73 Å². The van der Waals surface area contributed by atoms with Crippen LogP contribution in [0.3, 0.4) is 0 Å². The zero-order valence-electron chi connectivity index (χ0n) is 12.5. The molecule has 0 atom stereocenters. The SMILES string of the molecule is O=C(Nc1ccccc1Cl)c1coc(-c2ccc(C(F)(F)F)cc2)n1. The first kappa shape index (κ1) is 17.0. The van der Waals surface area contributed by atoms with E-state index in [0.29, 0.717) is 16.3 Å². The summed E-state index contributed by atoms with van der Waals surface area (Å²) in [5.41, 5.74) is -0.0626. The lowest BCUT2D eigenvalue weighted by molar-refractivity contribution is -0.137. The Balaban J connectivity index is 1.78. The molecule has 0 unspecified atom stereocenters. The molecule has 3 aromatic rings. The van der Waals surface area contributed by atoms with Crippen LogP contribution in [-0.2, 0) is 6.18 Å². The van der Waals surface area contributed by atoms with Crippen LogP contribution < -0.4 is 5.32 Å². The number of nitrogens with one attached hydrogen (secondary N) is 1. The number of nitrogens with zero attached hydrogens (tertiary/aromatic N) is 1. The standard InChI is InChI=1S/C17H10ClF3N2O2/c18-12-3-1-2-4-13(12)22-15(24)14-9-25-16(23-14)10-5-7-11(8-6-10)17(19,20)21/h1-9H,(H,22,24). The molecule has 0 aliphatic heterocycles. The third-order valence-electron chi connectivity index (χ3n) is 3.32. The summed E-state index contributed by atoms with van der Waals surface area (Å²) in [4.78, 5) is 16.2. The van der Waals surface area contributed by atoms with Crippen LogP contribution in [0.25, 0.3) is 11.5 Å². The maximum Gasteiger partial charge on any atom is 0.416 e. The van der Waals surface area contributed by atoms with Gasteiger partial charge >= 0.3 is 6.18 Å². The molecule has 2 aromatic carbocycles. The Labute approximate surface area is 145 Å². The lowest BCUT2D eigenvalue weighted by Gasteiger charge is -2.06. The number of rotatable bonds is 3. The molecule has 1 aromatic heterocycles. The van der Waals surface area contributed by atoms with Crippen molar-refractivity contribution in [3.8, 4) is 11.5 Å². The average molecular weight is 367 g/mol. The van der Waals surface area contributed by atoms with Gasteiger partial charge in [0.25, 0.3) is 5.91 Å². The Morgan fingerprint density at radius 2 is 1.76 bits per heavy atom. The van der Waals surface area contributed by atoms with Crippen molar-refractivity contribution in [1.29, 1.82) is 0 Å². The normalized spacial score (nSPS) is 11.4. The number of carbonyl (C=O) groups excluding carboxylic acids is 1. The van der Waals surface area contributed by atoms with Gasteiger partial charge in [-0.2, -0.15) is 13.2 Å². The highest BCUT2D eigenvalue weighted by Gasteiger charge is 2.30. The summed E-state index contributed by atoms with van der Waals surface area (Å²) in [6, 6.07) is 11.0. The summed E-state index contributed by atoms with van der Waals surface area (Å²) < 4.78 is 42.9. The highest BCUT2D eigenvalue weighted by atomic mass is 35.5. The van der Waals surface area contributed by atoms with E-state index in [1.54, 1.807) is 24.3 Å². The van der Waals surface area contributed by atoms with Gasteiger partial charge in [0, 0.05) is 5.56 Å². The van der Waals surface area contributed by atoms with Gasteiger partial charge in [0.15, 0.2) is 5.69 Å². The van der Waals surface area contributed by atoms with Gasteiger partial charge in [-0.05, 0) is 36.4 Å². The smallest absolute Gasteiger partial charge is 0.416 e. The number of hydrogen-bond acceptors (Lipinski definition) is 3. The van der Waals surface area contributed by atoms with E-state index in [1.165, 1.54) is 12.1 Å². The molecule has 0 bridgehead atoms. The topological polar surface area (TPSA) is 55.1 Å². The molecule has 128 valence electrons. The van der Waals surface area contributed by atoms with Gasteiger partial charge in [-0.25, -0.2) is 4.98 Å². The Morgan fingerprint density at radius 1 is 1.08 bits per heavy atom. The fourth-order valence-corrected chi connectivity index (χ4v) is 2.24. The van der Waals surface area contributed by atoms with Crippen molar-refractivity contribution >= 4 is 23.2 Å². The van der Waals surface area contributed by atoms with Crippen molar-refractivity contribution in [2.24, 2.45) is 0 Å². The summed E-state index contributed by atoms with van der Waals surface area (Å²) >= 11 is 5.96. The zero-order valence-corrected chi connectivity index (χ0v) is 13.2. The number of alkyl halides is 3. The molecule has 0 fully saturated rings. The molecule has 0 aliphatic rings. The fourth-order valence-electron chi connectivity index (χ4n) is 2.06. The number of hydrogen-bond donors (Lipinski definition) is 1. The number of benzene rings is 2. The molecule has 0 saturated heterocycles. The summed E-state index contributed by atoms with van der Waals surface area (Å²) in [5, 5.41) is 2.94. The van der Waals surface area contributed by atoms with Crippen LogP contribution in [-0.4, -0.2) is 10.9 Å². The van der Waals surface area contributed by atoms with Crippen LogP contribution in [0.2, 0.25) is 5.02 Å². The Bertz CT molecular complexity index is 905. The van der Waals surface area contributed by atoms with E-state index in [9.17, 15) is 18.0 Å². The third kappa shape index (κ3) is 3.83. The van der Waals surface area contributed by atoms with E-state index in [-0.39, 0.29) is 11.6 Å². The number of amides is 1. The number of carbonyl (C=O) groups is 1. The Morgan fingerprint density at radius 3 is 2.40 bits per heavy atom. The predicted octanol–water partition coefficient (Wildman–Crippen LogP) is 5.27. The van der Waals surface area contributed by atoms with Crippen molar-refractivity contribution in [3.05, 3.63) is 71.1 Å². The van der Waals surface area contributed by atoms with Crippen molar-refractivity contribution in [3.63, 3.8) is 0 Å². The van der Waals surface area contributed by atoms with Crippen molar-refractivity contribution in [1.82, 2.24) is 4.98 Å². The molecular formula is C17H10ClF3N2O2. The van der Waals surface area contributed by atoms with E-state index < -0.39 is 17.6 Å². The van der Waals surface area contributed by atoms with Gasteiger partial charge in [-0.1, -0.05) is 23.7 Å². The second kappa shape index (κ2) is 6.60. The van der Waals surface area contributed by atoms with Gasteiger partial charge in [0.05, 0.1) is 16.3 Å². The minimum Gasteiger partial charge on any atom is -0.444 e. The summed E-state index contributed by atoms with van der Waals surface area (Å²) in [6.07, 6.45) is -3.30. The summed E-state index contributed by atoms with van der Waals surface area (Å²) in [6.45, 7) is 0. The molecular weight excluding hydrogens is 357 g/mol. The summed E-state index contributed by atoms with van der Waals surface area (Å²) in [5.74, 6) is -0.506. The molecule has 25 heavy (non-hydrogen) atoms. The second-order valence-corrected chi connectivity index (χ2v) is 5.45. The molecule has 1 N–H and O–H groups in total. The number of halogens is 4. The first-order valence-electron chi connectivity index (χ1n) is 7.03. The molecule has 0 spiro atoms. The fraction of sp³-hybridized carbons (Fsp3) is 0.0588. The van der Waals surface area contributed by atoms with Gasteiger partial charge in [-0.3, -0.25) is 4.79 Å². The lowest BCUT2D eigenvalue weighted by Crippen LogP contribution is -2.12. The number of aromatic nitrogens is 1. The third-order valence-corrected chi connectivity index (χ3v) is 3.65. The van der Waals surface area contributed by atoms with E-state index in [2.05, 4.69) is 10.3 Å². The molecule has 8 heteroatoms. The monoisotopic (exact) mass is 366 g/mol. The number of anilines is 1. The van der Waals surface area contributed by atoms with Crippen LogP contribution in [0.15, 0.2) is 59.2 Å². The number of oxazole rings is 1. The Kier molecular flexibility index (Phi) is 4.50. The predicted molar refractivity (Wildman–Crippen MR) is 86.3 cm³/mol. The molecule has 0 radical (unpaired) electrons. The van der Waals surface area contributed by atoms with Crippen molar-refractivity contribution < 1.29 is 22.4 Å². The zero-order chi connectivity index (χ0) is 18.0. The second-order valence-electron chi connectivity index (χ2n) is 5.05. The van der Waals surface area contributed by atoms with Crippen molar-refractivity contribution in [2.45, 2.75) is 6.18 Å². The first-order chi connectivity index (χ1) is 11.8. The average Bonchev–Trinajstić information content (AvgIpc) is 3.06. The highest BCUT2D eigenvalue weighted by molar-refractivity contribution is 6.33.